The van der Waals surface area contributed by atoms with E-state index in [2.05, 4.69) is 5.32 Å². The molecule has 1 saturated heterocycles. The van der Waals surface area contributed by atoms with Gasteiger partial charge in [-0.3, -0.25) is 9.59 Å². The summed E-state index contributed by atoms with van der Waals surface area (Å²) in [6, 6.07) is 16.8. The number of rotatable bonds is 5. The summed E-state index contributed by atoms with van der Waals surface area (Å²) in [6.45, 7) is 1.36. The molecule has 136 valence electrons. The number of hydrogen-bond donors (Lipinski definition) is 1. The van der Waals surface area contributed by atoms with Gasteiger partial charge in [-0.15, -0.1) is 11.8 Å². The Kier molecular flexibility index (Phi) is 6.58. The summed E-state index contributed by atoms with van der Waals surface area (Å²) >= 11 is 7.39. The van der Waals surface area contributed by atoms with E-state index in [1.807, 2.05) is 59.5 Å². The standard InChI is InChI=1S/C20H21ClN2O2S/c21-16-6-8-18(9-7-16)26-14-19(24)23-12-10-17(11-13-23)22-20(25)15-4-2-1-3-5-15/h1-9,17H,10-14H2,(H,22,25). The van der Waals surface area contributed by atoms with Crippen molar-refractivity contribution in [3.05, 3.63) is 65.2 Å². The molecule has 0 saturated carbocycles. The van der Waals surface area contributed by atoms with Gasteiger partial charge in [0, 0.05) is 34.6 Å². The van der Waals surface area contributed by atoms with Crippen molar-refractivity contribution >= 4 is 35.2 Å². The van der Waals surface area contributed by atoms with Crippen LogP contribution in [-0.2, 0) is 4.79 Å². The lowest BCUT2D eigenvalue weighted by Crippen LogP contribution is -2.47. The van der Waals surface area contributed by atoms with Crippen molar-refractivity contribution < 1.29 is 9.59 Å². The van der Waals surface area contributed by atoms with Crippen LogP contribution in [0.1, 0.15) is 23.2 Å². The SMILES string of the molecule is O=C(NC1CCN(C(=O)CSc2ccc(Cl)cc2)CC1)c1ccccc1. The van der Waals surface area contributed by atoms with Crippen molar-refractivity contribution in [2.45, 2.75) is 23.8 Å². The zero-order valence-electron chi connectivity index (χ0n) is 14.4. The van der Waals surface area contributed by atoms with Gasteiger partial charge in [0.2, 0.25) is 5.91 Å². The lowest BCUT2D eigenvalue weighted by Gasteiger charge is -2.32. The van der Waals surface area contributed by atoms with Crippen LogP contribution < -0.4 is 5.32 Å². The minimum absolute atomic E-state index is 0.0475. The van der Waals surface area contributed by atoms with Crippen molar-refractivity contribution in [1.82, 2.24) is 10.2 Å². The highest BCUT2D eigenvalue weighted by Gasteiger charge is 2.24. The number of nitrogens with one attached hydrogen (secondary N) is 1. The number of hydrogen-bond acceptors (Lipinski definition) is 3. The van der Waals surface area contributed by atoms with Gasteiger partial charge in [-0.2, -0.15) is 0 Å². The van der Waals surface area contributed by atoms with Crippen LogP contribution in [0.2, 0.25) is 5.02 Å². The number of carbonyl (C=O) groups is 2. The van der Waals surface area contributed by atoms with E-state index in [4.69, 9.17) is 11.6 Å². The Balaban J connectivity index is 1.42. The summed E-state index contributed by atoms with van der Waals surface area (Å²) in [4.78, 5) is 27.5. The number of nitrogens with zero attached hydrogens (tertiary/aromatic N) is 1. The minimum atomic E-state index is -0.0475. The Morgan fingerprint density at radius 1 is 1.04 bits per heavy atom. The van der Waals surface area contributed by atoms with E-state index in [0.29, 0.717) is 29.4 Å². The Bertz CT molecular complexity index is 744. The van der Waals surface area contributed by atoms with Crippen LogP contribution in [0.4, 0.5) is 0 Å². The molecule has 1 aliphatic heterocycles. The van der Waals surface area contributed by atoms with E-state index in [0.717, 1.165) is 17.7 Å². The minimum Gasteiger partial charge on any atom is -0.349 e. The highest BCUT2D eigenvalue weighted by Crippen LogP contribution is 2.21. The summed E-state index contributed by atoms with van der Waals surface area (Å²) in [5.74, 6) is 0.509. The molecule has 0 bridgehead atoms. The van der Waals surface area contributed by atoms with E-state index in [1.165, 1.54) is 11.8 Å². The predicted octanol–water partition coefficient (Wildman–Crippen LogP) is 3.85. The van der Waals surface area contributed by atoms with Gasteiger partial charge in [-0.1, -0.05) is 29.8 Å². The molecule has 1 heterocycles. The number of benzene rings is 2. The van der Waals surface area contributed by atoms with E-state index in [1.54, 1.807) is 0 Å². The first-order chi connectivity index (χ1) is 12.6. The molecule has 2 aromatic rings. The van der Waals surface area contributed by atoms with Gasteiger partial charge >= 0.3 is 0 Å². The van der Waals surface area contributed by atoms with Gasteiger partial charge in [0.25, 0.3) is 5.91 Å². The second-order valence-corrected chi connectivity index (χ2v) is 7.72. The van der Waals surface area contributed by atoms with Crippen LogP contribution in [0.5, 0.6) is 0 Å². The first-order valence-electron chi connectivity index (χ1n) is 8.64. The first-order valence-corrected chi connectivity index (χ1v) is 10.0. The van der Waals surface area contributed by atoms with Gasteiger partial charge in [-0.25, -0.2) is 0 Å². The van der Waals surface area contributed by atoms with Gasteiger partial charge in [-0.05, 0) is 49.2 Å². The fourth-order valence-corrected chi connectivity index (χ4v) is 3.83. The normalized spacial score (nSPS) is 14.9. The number of piperidine rings is 1. The molecule has 3 rings (SSSR count). The van der Waals surface area contributed by atoms with Gasteiger partial charge < -0.3 is 10.2 Å². The third-order valence-electron chi connectivity index (χ3n) is 4.39. The number of thioether (sulfide) groups is 1. The third-order valence-corrected chi connectivity index (χ3v) is 5.64. The average molecular weight is 389 g/mol. The van der Waals surface area contributed by atoms with Crippen LogP contribution in [0.15, 0.2) is 59.5 Å². The Morgan fingerprint density at radius 2 is 1.69 bits per heavy atom. The maximum Gasteiger partial charge on any atom is 0.251 e. The van der Waals surface area contributed by atoms with E-state index in [-0.39, 0.29) is 17.9 Å². The molecule has 0 radical (unpaired) electrons. The zero-order chi connectivity index (χ0) is 18.4. The molecule has 0 unspecified atom stereocenters. The molecular weight excluding hydrogens is 368 g/mol. The highest BCUT2D eigenvalue weighted by atomic mass is 35.5. The van der Waals surface area contributed by atoms with Crippen molar-refractivity contribution in [3.63, 3.8) is 0 Å². The van der Waals surface area contributed by atoms with Gasteiger partial charge in [0.1, 0.15) is 0 Å². The molecule has 6 heteroatoms. The summed E-state index contributed by atoms with van der Waals surface area (Å²) in [7, 11) is 0. The summed E-state index contributed by atoms with van der Waals surface area (Å²) < 4.78 is 0. The monoisotopic (exact) mass is 388 g/mol. The van der Waals surface area contributed by atoms with Crippen LogP contribution in [0.25, 0.3) is 0 Å². The van der Waals surface area contributed by atoms with Crippen molar-refractivity contribution in [1.29, 1.82) is 0 Å². The van der Waals surface area contributed by atoms with E-state index >= 15 is 0 Å². The van der Waals surface area contributed by atoms with Crippen LogP contribution in [-0.4, -0.2) is 41.6 Å². The molecule has 0 aromatic heterocycles. The molecule has 1 N–H and O–H groups in total. The molecule has 26 heavy (non-hydrogen) atoms. The lowest BCUT2D eigenvalue weighted by molar-refractivity contribution is -0.129. The molecular formula is C20H21ClN2O2S. The largest absolute Gasteiger partial charge is 0.349 e. The molecule has 2 amide bonds. The average Bonchev–Trinajstić information content (AvgIpc) is 2.68. The topological polar surface area (TPSA) is 49.4 Å². The van der Waals surface area contributed by atoms with E-state index in [9.17, 15) is 9.59 Å². The second-order valence-electron chi connectivity index (χ2n) is 6.24. The quantitative estimate of drug-likeness (QED) is 0.791. The summed E-state index contributed by atoms with van der Waals surface area (Å²) in [6.07, 6.45) is 1.58. The Hall–Kier alpha value is -1.98. The van der Waals surface area contributed by atoms with Crippen LogP contribution in [0.3, 0.4) is 0 Å². The Labute approximate surface area is 162 Å². The van der Waals surface area contributed by atoms with Gasteiger partial charge in [0.05, 0.1) is 5.75 Å². The van der Waals surface area contributed by atoms with Crippen molar-refractivity contribution in [3.8, 4) is 0 Å². The molecule has 2 aromatic carbocycles. The van der Waals surface area contributed by atoms with E-state index < -0.39 is 0 Å². The molecule has 1 fully saturated rings. The molecule has 1 aliphatic rings. The first kappa shape index (κ1) is 18.8. The fourth-order valence-electron chi connectivity index (χ4n) is 2.90. The predicted molar refractivity (Wildman–Crippen MR) is 106 cm³/mol. The lowest BCUT2D eigenvalue weighted by atomic mass is 10.0. The number of carbonyl (C=O) groups excluding carboxylic acids is 2. The maximum absolute atomic E-state index is 12.4. The molecule has 0 aliphatic carbocycles. The molecule has 0 spiro atoms. The summed E-state index contributed by atoms with van der Waals surface area (Å²) in [5.41, 5.74) is 0.672. The van der Waals surface area contributed by atoms with Crippen LogP contribution >= 0.6 is 23.4 Å². The Morgan fingerprint density at radius 3 is 2.35 bits per heavy atom. The third kappa shape index (κ3) is 5.26. The smallest absolute Gasteiger partial charge is 0.251 e. The molecule has 4 nitrogen and oxygen atoms in total. The number of amides is 2. The number of halogens is 1. The van der Waals surface area contributed by atoms with Crippen molar-refractivity contribution in [2.75, 3.05) is 18.8 Å². The summed E-state index contributed by atoms with van der Waals surface area (Å²) in [5, 5.41) is 3.76. The maximum atomic E-state index is 12.4. The van der Waals surface area contributed by atoms with Crippen LogP contribution in [0, 0.1) is 0 Å². The zero-order valence-corrected chi connectivity index (χ0v) is 15.9. The second kappa shape index (κ2) is 9.10. The van der Waals surface area contributed by atoms with Crippen molar-refractivity contribution in [2.24, 2.45) is 0 Å². The highest BCUT2D eigenvalue weighted by molar-refractivity contribution is 8.00. The molecule has 0 atom stereocenters. The van der Waals surface area contributed by atoms with Gasteiger partial charge in [0.15, 0.2) is 0 Å². The number of likely N-dealkylation sites (tertiary alicyclic amines) is 1. The fraction of sp³-hybridized carbons (Fsp3) is 0.300.